The summed E-state index contributed by atoms with van der Waals surface area (Å²) in [7, 11) is -5.64. The van der Waals surface area contributed by atoms with E-state index in [0.29, 0.717) is 18.8 Å². The van der Waals surface area contributed by atoms with Gasteiger partial charge in [0.15, 0.2) is 18.7 Å². The van der Waals surface area contributed by atoms with Gasteiger partial charge in [0, 0.05) is 12.8 Å². The van der Waals surface area contributed by atoms with E-state index in [1.54, 1.807) is 0 Å². The summed E-state index contributed by atoms with van der Waals surface area (Å²) in [6.07, 6.45) is -1.00. The number of unbranched alkanes of at least 4 members (excludes halogenated alkanes) is 21. The highest BCUT2D eigenvalue weighted by Crippen LogP contribution is 2.49. The van der Waals surface area contributed by atoms with Gasteiger partial charge in [0.25, 0.3) is 0 Å². The van der Waals surface area contributed by atoms with Gasteiger partial charge < -0.3 is 89.5 Å². The summed E-state index contributed by atoms with van der Waals surface area (Å²) in [4.78, 5) is 37.6. The maximum absolute atomic E-state index is 14.1. The predicted octanol–water partition coefficient (Wildman–Crippen LogP) is 4.96. The number of phosphoric acid groups is 1. The Hall–Kier alpha value is -1.81. The average Bonchev–Trinajstić information content (AvgIpc) is 3.54. The second-order valence-corrected chi connectivity index (χ2v) is 24.3. The molecule has 0 amide bonds. The smallest absolute Gasteiger partial charge is 0.462 e. The van der Waals surface area contributed by atoms with E-state index in [2.05, 4.69) is 32.9 Å². The molecular formula is C58H107O23P. The first-order valence-corrected chi connectivity index (χ1v) is 32.4. The van der Waals surface area contributed by atoms with Crippen LogP contribution < -0.4 is 0 Å². The molecule has 3 fully saturated rings. The van der Waals surface area contributed by atoms with Gasteiger partial charge in [0.2, 0.25) is 0 Å². The number of rotatable bonds is 45. The van der Waals surface area contributed by atoms with Crippen LogP contribution in [0.25, 0.3) is 0 Å². The summed E-state index contributed by atoms with van der Waals surface area (Å²) in [6, 6.07) is 0. The van der Waals surface area contributed by atoms with Crippen molar-refractivity contribution in [2.45, 2.75) is 311 Å². The molecule has 0 spiro atoms. The zero-order valence-corrected chi connectivity index (χ0v) is 50.1. The topological polar surface area (TPSA) is 368 Å². The lowest BCUT2D eigenvalue weighted by Crippen LogP contribution is -2.69. The van der Waals surface area contributed by atoms with Crippen LogP contribution in [-0.2, 0) is 51.6 Å². The number of aliphatic hydroxyl groups is 11. The van der Waals surface area contributed by atoms with E-state index in [1.807, 2.05) is 0 Å². The zero-order valence-electron chi connectivity index (χ0n) is 49.2. The molecule has 17 unspecified atom stereocenters. The van der Waals surface area contributed by atoms with Crippen molar-refractivity contribution in [1.82, 2.24) is 0 Å². The van der Waals surface area contributed by atoms with Crippen molar-refractivity contribution in [2.75, 3.05) is 26.4 Å². The Morgan fingerprint density at radius 3 is 1.33 bits per heavy atom. The number of ether oxygens (including phenoxy) is 6. The van der Waals surface area contributed by atoms with Crippen LogP contribution in [0.4, 0.5) is 0 Å². The largest absolute Gasteiger partial charge is 0.472 e. The lowest BCUT2D eigenvalue weighted by molar-refractivity contribution is -0.360. The number of hydrogen-bond acceptors (Lipinski definition) is 22. The van der Waals surface area contributed by atoms with Crippen LogP contribution >= 0.6 is 7.82 Å². The quantitative estimate of drug-likeness (QED) is 0.0166. The second kappa shape index (κ2) is 42.1. The Labute approximate surface area is 486 Å². The standard InChI is InChI=1S/C58H107O23P/c1-4-6-8-10-12-13-14-15-16-17-18-19-20-26-30-34-44(62)76-40(37-74-43(61)33-29-25-22-21-24-28-32-39(3)31-27-23-11-9-7-5-2)38-75-82(72,73)81-56-54(79-57-52(70)47(65)45(63)41(35-59)77-57)50(68)49(67)51(69)55(56)80-58-53(71)48(66)46(64)42(36-60)78-58/h13-14,39-42,45-60,63-71H,4-12,15-38H2,1-3H3,(H,72,73)/b14-13-. The van der Waals surface area contributed by atoms with Crippen LogP contribution in [0.2, 0.25) is 0 Å². The molecule has 2 aliphatic heterocycles. The van der Waals surface area contributed by atoms with Crippen molar-refractivity contribution in [1.29, 1.82) is 0 Å². The van der Waals surface area contributed by atoms with Crippen molar-refractivity contribution in [3.05, 3.63) is 12.2 Å². The highest BCUT2D eigenvalue weighted by molar-refractivity contribution is 7.47. The van der Waals surface area contributed by atoms with Crippen molar-refractivity contribution in [3.63, 3.8) is 0 Å². The first-order chi connectivity index (χ1) is 39.3. The van der Waals surface area contributed by atoms with Crippen LogP contribution in [0.5, 0.6) is 0 Å². The number of carbonyl (C=O) groups excluding carboxylic acids is 2. The zero-order chi connectivity index (χ0) is 60.5. The number of phosphoric ester groups is 1. The summed E-state index contributed by atoms with van der Waals surface area (Å²) >= 11 is 0. The van der Waals surface area contributed by atoms with E-state index in [4.69, 9.17) is 37.5 Å². The third kappa shape index (κ3) is 27.5. The van der Waals surface area contributed by atoms with Gasteiger partial charge in [0.05, 0.1) is 19.8 Å². The Morgan fingerprint density at radius 1 is 0.488 bits per heavy atom. The molecule has 482 valence electrons. The number of hydrogen-bond donors (Lipinski definition) is 12. The molecule has 2 heterocycles. The second-order valence-electron chi connectivity index (χ2n) is 22.9. The van der Waals surface area contributed by atoms with E-state index in [9.17, 15) is 75.2 Å². The highest BCUT2D eigenvalue weighted by Gasteiger charge is 2.58. The first kappa shape index (κ1) is 74.4. The summed E-state index contributed by atoms with van der Waals surface area (Å²) in [5.74, 6) is -0.629. The maximum Gasteiger partial charge on any atom is 0.472 e. The van der Waals surface area contributed by atoms with Crippen molar-refractivity contribution >= 4 is 19.8 Å². The molecule has 82 heavy (non-hydrogen) atoms. The Balaban J connectivity index is 1.69. The average molecular weight is 1200 g/mol. The molecule has 0 radical (unpaired) electrons. The molecule has 1 aliphatic carbocycles. The van der Waals surface area contributed by atoms with Gasteiger partial charge in [0.1, 0.15) is 92.1 Å². The number of carbonyl (C=O) groups is 2. The Morgan fingerprint density at radius 2 is 0.878 bits per heavy atom. The van der Waals surface area contributed by atoms with Crippen molar-refractivity contribution < 1.29 is 113 Å². The SMILES string of the molecule is CCCCCC/C=C\CCCCCCCCCC(=O)OC(COC(=O)CCCCCCCCC(C)CCCCCCCC)COP(=O)(O)OC1C(OC2OC(CO)C(O)C(O)C2O)C(O)C(O)C(O)C1OC1OC(CO)C(O)C(O)C1O. The molecular weight excluding hydrogens is 1100 g/mol. The molecule has 23 nitrogen and oxygen atoms in total. The Kier molecular flexibility index (Phi) is 38.3. The molecule has 17 atom stereocenters. The van der Waals surface area contributed by atoms with Crippen molar-refractivity contribution in [3.8, 4) is 0 Å². The van der Waals surface area contributed by atoms with Crippen LogP contribution in [0, 0.1) is 5.92 Å². The fourth-order valence-electron chi connectivity index (χ4n) is 10.5. The van der Waals surface area contributed by atoms with Gasteiger partial charge >= 0.3 is 19.8 Å². The molecule has 0 bridgehead atoms. The predicted molar refractivity (Wildman–Crippen MR) is 300 cm³/mol. The Bertz CT molecular complexity index is 1690. The minimum Gasteiger partial charge on any atom is -0.462 e. The highest BCUT2D eigenvalue weighted by atomic mass is 31.2. The summed E-state index contributed by atoms with van der Waals surface area (Å²) in [6.45, 7) is 3.33. The number of aliphatic hydroxyl groups excluding tert-OH is 11. The monoisotopic (exact) mass is 1200 g/mol. The van der Waals surface area contributed by atoms with E-state index in [-0.39, 0.29) is 12.8 Å². The molecule has 0 aromatic rings. The van der Waals surface area contributed by atoms with Crippen molar-refractivity contribution in [2.24, 2.45) is 5.92 Å². The molecule has 12 N–H and O–H groups in total. The molecule has 0 aromatic heterocycles. The van der Waals surface area contributed by atoms with Crippen LogP contribution in [0.3, 0.4) is 0 Å². The minimum atomic E-state index is -5.64. The van der Waals surface area contributed by atoms with Gasteiger partial charge in [-0.25, -0.2) is 4.57 Å². The molecule has 0 aromatic carbocycles. The molecule has 1 saturated carbocycles. The fourth-order valence-corrected chi connectivity index (χ4v) is 11.4. The summed E-state index contributed by atoms with van der Waals surface area (Å²) < 4.78 is 58.2. The van der Waals surface area contributed by atoms with Gasteiger partial charge in [-0.05, 0) is 44.4 Å². The molecule has 24 heteroatoms. The lowest BCUT2D eigenvalue weighted by Gasteiger charge is -2.49. The number of allylic oxidation sites excluding steroid dienone is 2. The van der Waals surface area contributed by atoms with Gasteiger partial charge in [-0.2, -0.15) is 0 Å². The van der Waals surface area contributed by atoms with E-state index in [1.165, 1.54) is 77.0 Å². The van der Waals surface area contributed by atoms with Crippen LogP contribution in [0.1, 0.15) is 207 Å². The summed E-state index contributed by atoms with van der Waals surface area (Å²) in [5, 5.41) is 117. The normalized spacial score (nSPS) is 31.2. The lowest BCUT2D eigenvalue weighted by atomic mass is 9.84. The third-order valence-corrected chi connectivity index (χ3v) is 16.7. The molecule has 2 saturated heterocycles. The van der Waals surface area contributed by atoms with Gasteiger partial charge in [-0.1, -0.05) is 168 Å². The van der Waals surface area contributed by atoms with Gasteiger partial charge in [-0.3, -0.25) is 18.6 Å². The third-order valence-electron chi connectivity index (χ3n) is 15.7. The van der Waals surface area contributed by atoms with E-state index >= 15 is 0 Å². The van der Waals surface area contributed by atoms with Crippen LogP contribution in [-0.4, -0.2) is 204 Å². The maximum atomic E-state index is 14.1. The minimum absolute atomic E-state index is 0.0348. The van der Waals surface area contributed by atoms with E-state index < -0.39 is 150 Å². The number of esters is 2. The van der Waals surface area contributed by atoms with E-state index in [0.717, 1.165) is 83.5 Å². The first-order valence-electron chi connectivity index (χ1n) is 30.9. The van der Waals surface area contributed by atoms with Gasteiger partial charge in [-0.15, -0.1) is 0 Å². The molecule has 3 aliphatic rings. The fraction of sp³-hybridized carbons (Fsp3) is 0.931. The molecule has 3 rings (SSSR count). The van der Waals surface area contributed by atoms with Crippen LogP contribution in [0.15, 0.2) is 12.2 Å². The summed E-state index contributed by atoms with van der Waals surface area (Å²) in [5.41, 5.74) is 0.